The number of esters is 1. The number of sulfonamides is 1. The Labute approximate surface area is 188 Å². The van der Waals surface area contributed by atoms with Gasteiger partial charge in [0.2, 0.25) is 10.0 Å². The Kier molecular flexibility index (Phi) is 9.42. The van der Waals surface area contributed by atoms with E-state index >= 15 is 0 Å². The van der Waals surface area contributed by atoms with Crippen LogP contribution in [0, 0.1) is 0 Å². The van der Waals surface area contributed by atoms with Crippen molar-refractivity contribution in [1.82, 2.24) is 4.31 Å². The molecule has 0 heterocycles. The van der Waals surface area contributed by atoms with E-state index in [1.165, 1.54) is 34.6 Å². The third-order valence-electron chi connectivity index (χ3n) is 4.44. The van der Waals surface area contributed by atoms with E-state index in [-0.39, 0.29) is 4.90 Å². The van der Waals surface area contributed by atoms with Crippen molar-refractivity contribution in [3.63, 3.8) is 0 Å². The molecule has 8 nitrogen and oxygen atoms in total. The summed E-state index contributed by atoms with van der Waals surface area (Å²) in [6.07, 6.45) is 2.78. The topological polar surface area (TPSA) is 102 Å². The minimum atomic E-state index is -3.57. The normalized spacial score (nSPS) is 11.5. The fraction of sp³-hybridized carbons (Fsp3) is 0.304. The summed E-state index contributed by atoms with van der Waals surface area (Å²) in [5.41, 5.74) is 1.11. The lowest BCUT2D eigenvalue weighted by atomic mass is 10.2. The molecule has 1 amide bonds. The molecule has 172 valence electrons. The predicted octanol–water partition coefficient (Wildman–Crippen LogP) is 3.31. The van der Waals surface area contributed by atoms with Crippen LogP contribution >= 0.6 is 0 Å². The Balaban J connectivity index is 1.90. The molecule has 0 aliphatic carbocycles. The number of para-hydroxylation sites is 1. The van der Waals surface area contributed by atoms with Crippen molar-refractivity contribution in [1.29, 1.82) is 0 Å². The van der Waals surface area contributed by atoms with Gasteiger partial charge in [-0.05, 0) is 43.3 Å². The molecule has 0 fully saturated rings. The number of rotatable bonds is 11. The summed E-state index contributed by atoms with van der Waals surface area (Å²) in [6, 6.07) is 13.1. The average molecular weight is 461 g/mol. The molecule has 2 aromatic carbocycles. The largest absolute Gasteiger partial charge is 0.493 e. The van der Waals surface area contributed by atoms with E-state index in [0.29, 0.717) is 31.1 Å². The summed E-state index contributed by atoms with van der Waals surface area (Å²) in [4.78, 5) is 24.1. The SMILES string of the molecule is CCOc1ccccc1/C=C/C(=O)OCC(=O)Nc1ccc(S(=O)(=O)N(CC)CC)cc1. The zero-order valence-corrected chi connectivity index (χ0v) is 19.2. The van der Waals surface area contributed by atoms with Crippen LogP contribution in [0.1, 0.15) is 26.3 Å². The van der Waals surface area contributed by atoms with Crippen molar-refractivity contribution in [3.8, 4) is 5.75 Å². The van der Waals surface area contributed by atoms with Crippen molar-refractivity contribution < 1.29 is 27.5 Å². The highest BCUT2D eigenvalue weighted by molar-refractivity contribution is 7.89. The molecule has 0 saturated heterocycles. The van der Waals surface area contributed by atoms with Gasteiger partial charge in [0, 0.05) is 30.4 Å². The number of amides is 1. The van der Waals surface area contributed by atoms with Crippen molar-refractivity contribution in [2.75, 3.05) is 31.6 Å². The standard InChI is InChI=1S/C23H28N2O6S/c1-4-25(5-2)32(28,29)20-14-12-19(13-15-20)24-22(26)17-31-23(27)16-11-18-9-7-8-10-21(18)30-6-3/h7-16H,4-6,17H2,1-3H3,(H,24,26)/b16-11+. The highest BCUT2D eigenvalue weighted by Crippen LogP contribution is 2.20. The van der Waals surface area contributed by atoms with Gasteiger partial charge in [0.15, 0.2) is 6.61 Å². The molecule has 0 bridgehead atoms. The second kappa shape index (κ2) is 12.0. The van der Waals surface area contributed by atoms with Gasteiger partial charge in [-0.25, -0.2) is 13.2 Å². The second-order valence-corrected chi connectivity index (χ2v) is 8.51. The molecular formula is C23H28N2O6S. The average Bonchev–Trinajstić information content (AvgIpc) is 2.78. The van der Waals surface area contributed by atoms with E-state index in [4.69, 9.17) is 9.47 Å². The first-order valence-corrected chi connectivity index (χ1v) is 11.7. The Bertz CT molecular complexity index is 1040. The number of hydrogen-bond acceptors (Lipinski definition) is 6. The molecular weight excluding hydrogens is 432 g/mol. The minimum absolute atomic E-state index is 0.142. The van der Waals surface area contributed by atoms with E-state index in [9.17, 15) is 18.0 Å². The second-order valence-electron chi connectivity index (χ2n) is 6.57. The summed E-state index contributed by atoms with van der Waals surface area (Å²) in [5.74, 6) is -0.573. The lowest BCUT2D eigenvalue weighted by Crippen LogP contribution is -2.30. The number of carbonyl (C=O) groups is 2. The lowest BCUT2D eigenvalue weighted by molar-refractivity contribution is -0.142. The molecule has 0 aromatic heterocycles. The van der Waals surface area contributed by atoms with Crippen LogP contribution in [0.4, 0.5) is 5.69 Å². The van der Waals surface area contributed by atoms with Gasteiger partial charge >= 0.3 is 5.97 Å². The van der Waals surface area contributed by atoms with Gasteiger partial charge in [-0.3, -0.25) is 4.79 Å². The molecule has 0 unspecified atom stereocenters. The molecule has 2 aromatic rings. The van der Waals surface area contributed by atoms with Crippen LogP contribution in [0.15, 0.2) is 59.5 Å². The first-order valence-electron chi connectivity index (χ1n) is 10.3. The minimum Gasteiger partial charge on any atom is -0.493 e. The van der Waals surface area contributed by atoms with Crippen LogP contribution in [0.3, 0.4) is 0 Å². The third-order valence-corrected chi connectivity index (χ3v) is 6.51. The van der Waals surface area contributed by atoms with E-state index in [1.54, 1.807) is 32.1 Å². The fourth-order valence-corrected chi connectivity index (χ4v) is 4.33. The number of nitrogens with zero attached hydrogens (tertiary/aromatic N) is 1. The van der Waals surface area contributed by atoms with Gasteiger partial charge in [0.25, 0.3) is 5.91 Å². The van der Waals surface area contributed by atoms with Crippen LogP contribution in [-0.4, -0.2) is 50.9 Å². The molecule has 0 aliphatic rings. The number of anilines is 1. The molecule has 32 heavy (non-hydrogen) atoms. The Morgan fingerprint density at radius 1 is 1.00 bits per heavy atom. The van der Waals surface area contributed by atoms with Crippen molar-refractivity contribution >= 4 is 33.7 Å². The predicted molar refractivity (Wildman–Crippen MR) is 123 cm³/mol. The number of hydrogen-bond donors (Lipinski definition) is 1. The molecule has 0 atom stereocenters. The summed E-state index contributed by atoms with van der Waals surface area (Å²) in [7, 11) is -3.57. The van der Waals surface area contributed by atoms with Crippen molar-refractivity contribution in [3.05, 3.63) is 60.2 Å². The monoisotopic (exact) mass is 460 g/mol. The van der Waals surface area contributed by atoms with E-state index in [2.05, 4.69) is 5.32 Å². The van der Waals surface area contributed by atoms with Gasteiger partial charge in [-0.15, -0.1) is 0 Å². The van der Waals surface area contributed by atoms with E-state index in [1.807, 2.05) is 19.1 Å². The summed E-state index contributed by atoms with van der Waals surface area (Å²) < 4.78 is 36.8. The van der Waals surface area contributed by atoms with Gasteiger partial charge in [-0.2, -0.15) is 4.31 Å². The van der Waals surface area contributed by atoms with E-state index in [0.717, 1.165) is 5.56 Å². The smallest absolute Gasteiger partial charge is 0.331 e. The molecule has 0 radical (unpaired) electrons. The first kappa shape index (κ1) is 25.1. The quantitative estimate of drug-likeness (QED) is 0.408. The highest BCUT2D eigenvalue weighted by atomic mass is 32.2. The van der Waals surface area contributed by atoms with Crippen LogP contribution in [0.2, 0.25) is 0 Å². The highest BCUT2D eigenvalue weighted by Gasteiger charge is 2.21. The van der Waals surface area contributed by atoms with Gasteiger partial charge in [0.1, 0.15) is 5.75 Å². The number of carbonyl (C=O) groups excluding carboxylic acids is 2. The van der Waals surface area contributed by atoms with Crippen LogP contribution in [0.5, 0.6) is 5.75 Å². The maximum atomic E-state index is 12.5. The number of ether oxygens (including phenoxy) is 2. The van der Waals surface area contributed by atoms with Gasteiger partial charge in [-0.1, -0.05) is 32.0 Å². The molecule has 0 saturated carbocycles. The third kappa shape index (κ3) is 6.93. The number of benzene rings is 2. The van der Waals surface area contributed by atoms with Gasteiger partial charge < -0.3 is 14.8 Å². The Morgan fingerprint density at radius 2 is 1.66 bits per heavy atom. The lowest BCUT2D eigenvalue weighted by Gasteiger charge is -2.18. The van der Waals surface area contributed by atoms with Crippen LogP contribution < -0.4 is 10.1 Å². The molecule has 9 heteroatoms. The summed E-state index contributed by atoms with van der Waals surface area (Å²) >= 11 is 0. The van der Waals surface area contributed by atoms with Crippen LogP contribution in [-0.2, 0) is 24.3 Å². The Morgan fingerprint density at radius 3 is 2.28 bits per heavy atom. The summed E-state index contributed by atoms with van der Waals surface area (Å²) in [6.45, 7) is 6.16. The molecule has 2 rings (SSSR count). The molecule has 1 N–H and O–H groups in total. The molecule has 0 aliphatic heterocycles. The number of nitrogens with one attached hydrogen (secondary N) is 1. The van der Waals surface area contributed by atoms with Gasteiger partial charge in [0.05, 0.1) is 11.5 Å². The maximum Gasteiger partial charge on any atom is 0.331 e. The molecule has 0 spiro atoms. The Hall–Kier alpha value is -3.17. The maximum absolute atomic E-state index is 12.5. The first-order chi connectivity index (χ1) is 15.3. The van der Waals surface area contributed by atoms with Crippen molar-refractivity contribution in [2.24, 2.45) is 0 Å². The van der Waals surface area contributed by atoms with Crippen LogP contribution in [0.25, 0.3) is 6.08 Å². The summed E-state index contributed by atoms with van der Waals surface area (Å²) in [5, 5.41) is 2.56. The zero-order valence-electron chi connectivity index (χ0n) is 18.4. The van der Waals surface area contributed by atoms with Crippen molar-refractivity contribution in [2.45, 2.75) is 25.7 Å². The zero-order chi connectivity index (χ0) is 23.6. The van der Waals surface area contributed by atoms with E-state index < -0.39 is 28.5 Å². The fourth-order valence-electron chi connectivity index (χ4n) is 2.87.